The van der Waals surface area contributed by atoms with Crippen molar-refractivity contribution in [2.24, 2.45) is 10.7 Å². The predicted molar refractivity (Wildman–Crippen MR) is 91.7 cm³/mol. The van der Waals surface area contributed by atoms with Crippen molar-refractivity contribution in [3.05, 3.63) is 24.3 Å². The lowest BCUT2D eigenvalue weighted by molar-refractivity contribution is -0.0436. The van der Waals surface area contributed by atoms with Gasteiger partial charge in [-0.25, -0.2) is 13.4 Å². The lowest BCUT2D eigenvalue weighted by atomic mass is 9.96. The van der Waals surface area contributed by atoms with Gasteiger partial charge in [-0.3, -0.25) is 0 Å². The van der Waals surface area contributed by atoms with E-state index in [0.29, 0.717) is 12.0 Å². The summed E-state index contributed by atoms with van der Waals surface area (Å²) in [6.45, 7) is 0.437. The first-order valence-corrected chi connectivity index (χ1v) is 9.79. The van der Waals surface area contributed by atoms with Crippen molar-refractivity contribution in [2.75, 3.05) is 13.2 Å². The van der Waals surface area contributed by atoms with Gasteiger partial charge in [0.15, 0.2) is 5.96 Å². The zero-order chi connectivity index (χ0) is 19.2. The topological polar surface area (TPSA) is 93.8 Å². The Morgan fingerprint density at radius 2 is 1.81 bits per heavy atom. The van der Waals surface area contributed by atoms with Crippen LogP contribution in [0.4, 0.5) is 13.2 Å². The minimum atomic E-state index is -5.35. The molecule has 10 heteroatoms. The number of alkyl halides is 3. The van der Waals surface area contributed by atoms with Gasteiger partial charge in [-0.2, -0.15) is 13.2 Å². The summed E-state index contributed by atoms with van der Waals surface area (Å²) in [4.78, 5) is 3.31. The number of benzene rings is 1. The van der Waals surface area contributed by atoms with Crippen LogP contribution in [-0.2, 0) is 9.84 Å². The molecule has 3 N–H and O–H groups in total. The summed E-state index contributed by atoms with van der Waals surface area (Å²) < 4.78 is 65.2. The first-order chi connectivity index (χ1) is 12.2. The molecule has 1 aliphatic rings. The van der Waals surface area contributed by atoms with Gasteiger partial charge >= 0.3 is 5.51 Å². The van der Waals surface area contributed by atoms with Gasteiger partial charge in [0.1, 0.15) is 12.4 Å². The molecule has 0 amide bonds. The highest BCUT2D eigenvalue weighted by molar-refractivity contribution is 7.92. The summed E-state index contributed by atoms with van der Waals surface area (Å²) in [7, 11) is -5.35. The molecule has 0 unspecified atom stereocenters. The molecule has 0 saturated heterocycles. The molecule has 0 aromatic heterocycles. The second-order valence-corrected chi connectivity index (χ2v) is 7.96. The van der Waals surface area contributed by atoms with E-state index in [1.807, 2.05) is 0 Å². The monoisotopic (exact) mass is 393 g/mol. The van der Waals surface area contributed by atoms with Crippen molar-refractivity contribution in [1.29, 1.82) is 0 Å². The summed E-state index contributed by atoms with van der Waals surface area (Å²) in [5.74, 6) is 0.590. The van der Waals surface area contributed by atoms with Crippen LogP contribution in [0.2, 0.25) is 0 Å². The number of nitrogens with two attached hydrogens (primary N) is 1. The fraction of sp³-hybridized carbons (Fsp3) is 0.562. The average Bonchev–Trinajstić information content (AvgIpc) is 2.59. The quantitative estimate of drug-likeness (QED) is 0.440. The Hall–Kier alpha value is -1.97. The molecule has 1 aliphatic carbocycles. The Balaban J connectivity index is 1.80. The van der Waals surface area contributed by atoms with E-state index in [1.54, 1.807) is 0 Å². The van der Waals surface area contributed by atoms with Crippen LogP contribution >= 0.6 is 0 Å². The molecule has 1 aromatic carbocycles. The molecule has 26 heavy (non-hydrogen) atoms. The number of guanidine groups is 1. The first-order valence-electron chi connectivity index (χ1n) is 8.31. The van der Waals surface area contributed by atoms with Crippen molar-refractivity contribution in [3.63, 3.8) is 0 Å². The summed E-state index contributed by atoms with van der Waals surface area (Å²) in [5, 5.41) is 3.15. The van der Waals surface area contributed by atoms with Crippen molar-refractivity contribution in [3.8, 4) is 5.75 Å². The third-order valence-corrected chi connectivity index (χ3v) is 5.54. The van der Waals surface area contributed by atoms with Crippen LogP contribution in [0.1, 0.15) is 32.1 Å². The van der Waals surface area contributed by atoms with Crippen LogP contribution < -0.4 is 15.8 Å². The number of rotatable bonds is 6. The van der Waals surface area contributed by atoms with Crippen LogP contribution in [0, 0.1) is 0 Å². The molecular weight excluding hydrogens is 371 g/mol. The van der Waals surface area contributed by atoms with E-state index in [2.05, 4.69) is 10.3 Å². The molecule has 1 saturated carbocycles. The van der Waals surface area contributed by atoms with Crippen LogP contribution in [-0.4, -0.2) is 39.1 Å². The number of nitrogens with one attached hydrogen (secondary N) is 1. The number of ether oxygens (including phenoxy) is 1. The highest BCUT2D eigenvalue weighted by Gasteiger charge is 2.46. The highest BCUT2D eigenvalue weighted by atomic mass is 32.2. The van der Waals surface area contributed by atoms with E-state index >= 15 is 0 Å². The van der Waals surface area contributed by atoms with Crippen LogP contribution in [0.25, 0.3) is 0 Å². The van der Waals surface area contributed by atoms with Gasteiger partial charge in [-0.1, -0.05) is 19.3 Å². The Morgan fingerprint density at radius 1 is 1.19 bits per heavy atom. The maximum atomic E-state index is 12.5. The van der Waals surface area contributed by atoms with Crippen LogP contribution in [0.5, 0.6) is 5.75 Å². The Kier molecular flexibility index (Phi) is 6.74. The number of hydrogen-bond donors (Lipinski definition) is 2. The molecule has 0 radical (unpaired) electrons. The van der Waals surface area contributed by atoms with Gasteiger partial charge in [-0.15, -0.1) is 0 Å². The first kappa shape index (κ1) is 20.3. The second kappa shape index (κ2) is 8.61. The SMILES string of the molecule is NC(=NCCOc1ccc(S(=O)(=O)C(F)(F)F)cc1)NC1CCCCC1. The zero-order valence-corrected chi connectivity index (χ0v) is 14.9. The standard InChI is InChI=1S/C16H22F3N3O3S/c17-16(18,19)26(23,24)14-8-6-13(7-9-14)25-11-10-21-15(20)22-12-4-2-1-3-5-12/h6-9,12H,1-5,10-11H2,(H3,20,21,22). The van der Waals surface area contributed by atoms with Crippen molar-refractivity contribution in [2.45, 2.75) is 48.5 Å². The number of halogens is 3. The lowest BCUT2D eigenvalue weighted by Crippen LogP contribution is -2.41. The zero-order valence-electron chi connectivity index (χ0n) is 14.1. The number of sulfone groups is 1. The van der Waals surface area contributed by atoms with Gasteiger partial charge in [-0.05, 0) is 37.1 Å². The highest BCUT2D eigenvalue weighted by Crippen LogP contribution is 2.30. The Labute approximate surface area is 150 Å². The number of hydrogen-bond acceptors (Lipinski definition) is 4. The fourth-order valence-electron chi connectivity index (χ4n) is 2.68. The maximum absolute atomic E-state index is 12.5. The summed E-state index contributed by atoms with van der Waals surface area (Å²) in [6.07, 6.45) is 5.73. The molecule has 0 atom stereocenters. The van der Waals surface area contributed by atoms with Crippen molar-refractivity contribution < 1.29 is 26.3 Å². The molecule has 0 aliphatic heterocycles. The van der Waals surface area contributed by atoms with E-state index < -0.39 is 20.2 Å². The summed E-state index contributed by atoms with van der Waals surface area (Å²) in [6, 6.07) is 4.41. The molecular formula is C16H22F3N3O3S. The Morgan fingerprint density at radius 3 is 2.38 bits per heavy atom. The molecule has 0 heterocycles. The fourth-order valence-corrected chi connectivity index (χ4v) is 3.44. The van der Waals surface area contributed by atoms with E-state index in [-0.39, 0.29) is 18.9 Å². The molecule has 1 fully saturated rings. The molecule has 146 valence electrons. The Bertz CT molecular complexity index is 712. The van der Waals surface area contributed by atoms with E-state index in [4.69, 9.17) is 10.5 Å². The second-order valence-electron chi connectivity index (χ2n) is 6.02. The van der Waals surface area contributed by atoms with Gasteiger partial charge < -0.3 is 15.8 Å². The third kappa shape index (κ3) is 5.52. The minimum Gasteiger partial charge on any atom is -0.492 e. The maximum Gasteiger partial charge on any atom is 0.501 e. The van der Waals surface area contributed by atoms with Gasteiger partial charge in [0, 0.05) is 6.04 Å². The summed E-state index contributed by atoms with van der Waals surface area (Å²) >= 11 is 0. The van der Waals surface area contributed by atoms with Crippen molar-refractivity contribution in [1.82, 2.24) is 5.32 Å². The van der Waals surface area contributed by atoms with E-state index in [9.17, 15) is 21.6 Å². The smallest absolute Gasteiger partial charge is 0.492 e. The molecule has 6 nitrogen and oxygen atoms in total. The van der Waals surface area contributed by atoms with Gasteiger partial charge in [0.05, 0.1) is 11.4 Å². The minimum absolute atomic E-state index is 0.165. The third-order valence-electron chi connectivity index (χ3n) is 4.04. The van der Waals surface area contributed by atoms with Gasteiger partial charge in [0.2, 0.25) is 0 Å². The largest absolute Gasteiger partial charge is 0.501 e. The lowest BCUT2D eigenvalue weighted by Gasteiger charge is -2.23. The summed E-state index contributed by atoms with van der Waals surface area (Å²) in [5.41, 5.74) is 0.476. The molecule has 2 rings (SSSR count). The van der Waals surface area contributed by atoms with Crippen LogP contribution in [0.3, 0.4) is 0 Å². The van der Waals surface area contributed by atoms with E-state index in [1.165, 1.54) is 31.4 Å². The average molecular weight is 393 g/mol. The number of aliphatic imine (C=N–C) groups is 1. The molecule has 1 aromatic rings. The predicted octanol–water partition coefficient (Wildman–Crippen LogP) is 2.60. The van der Waals surface area contributed by atoms with Crippen molar-refractivity contribution >= 4 is 15.8 Å². The normalized spacial score (nSPS) is 17.1. The molecule has 0 bridgehead atoms. The molecule has 0 spiro atoms. The van der Waals surface area contributed by atoms with Gasteiger partial charge in [0.25, 0.3) is 9.84 Å². The van der Waals surface area contributed by atoms with E-state index in [0.717, 1.165) is 25.0 Å². The van der Waals surface area contributed by atoms with Crippen LogP contribution in [0.15, 0.2) is 34.2 Å². The number of nitrogens with zero attached hydrogens (tertiary/aromatic N) is 1.